The van der Waals surface area contributed by atoms with Crippen LogP contribution in [0.1, 0.15) is 40.6 Å². The average molecular weight is 317 g/mol. The molecule has 0 spiro atoms. The molecule has 0 amide bonds. The number of hydrogen-bond donors (Lipinski definition) is 1. The molecule has 4 nitrogen and oxygen atoms in total. The summed E-state index contributed by atoms with van der Waals surface area (Å²) in [4.78, 5) is 9.25. The number of rotatable bonds is 3. The van der Waals surface area contributed by atoms with Gasteiger partial charge in [0.1, 0.15) is 5.76 Å². The molecular weight excluding hydrogens is 298 g/mol. The van der Waals surface area contributed by atoms with Crippen LogP contribution in [0.5, 0.6) is 0 Å². The lowest BCUT2D eigenvalue weighted by Crippen LogP contribution is -2.15. The van der Waals surface area contributed by atoms with Gasteiger partial charge < -0.3 is 9.83 Å². The van der Waals surface area contributed by atoms with Gasteiger partial charge in [-0.25, -0.2) is 4.98 Å². The molecule has 1 aliphatic carbocycles. The number of aromatic nitrogens is 2. The molecule has 0 fully saturated rings. The van der Waals surface area contributed by atoms with Crippen LogP contribution in [0.2, 0.25) is 0 Å². The third-order valence-electron chi connectivity index (χ3n) is 4.62. The van der Waals surface area contributed by atoms with Crippen LogP contribution in [0, 0.1) is 12.3 Å². The van der Waals surface area contributed by atoms with Crippen molar-refractivity contribution < 1.29 is 4.42 Å². The van der Waals surface area contributed by atoms with Crippen LogP contribution in [0.3, 0.4) is 0 Å². The van der Waals surface area contributed by atoms with E-state index in [1.54, 1.807) is 6.20 Å². The number of nitrogens with zero attached hydrogens (tertiary/aromatic N) is 2. The van der Waals surface area contributed by atoms with Crippen LogP contribution < -0.4 is 0 Å². The monoisotopic (exact) mass is 317 g/mol. The first-order chi connectivity index (χ1) is 11.7. The highest BCUT2D eigenvalue weighted by Gasteiger charge is 2.27. The van der Waals surface area contributed by atoms with Crippen LogP contribution in [-0.4, -0.2) is 16.2 Å². The van der Waals surface area contributed by atoms with Crippen LogP contribution >= 0.6 is 0 Å². The molecule has 24 heavy (non-hydrogen) atoms. The third kappa shape index (κ3) is 2.64. The van der Waals surface area contributed by atoms with E-state index in [1.807, 2.05) is 24.3 Å². The van der Waals surface area contributed by atoms with Crippen LogP contribution in [0.15, 0.2) is 47.0 Å². The van der Waals surface area contributed by atoms with Gasteiger partial charge in [-0.15, -0.1) is 0 Å². The second-order valence-corrected chi connectivity index (χ2v) is 6.32. The summed E-state index contributed by atoms with van der Waals surface area (Å²) in [6, 6.07) is 12.1. The second-order valence-electron chi connectivity index (χ2n) is 6.32. The minimum atomic E-state index is 0.297. The molecule has 1 unspecified atom stereocenters. The Labute approximate surface area is 141 Å². The van der Waals surface area contributed by atoms with Gasteiger partial charge in [-0.2, -0.15) is 0 Å². The molecule has 1 atom stereocenters. The van der Waals surface area contributed by atoms with E-state index in [-0.39, 0.29) is 0 Å². The van der Waals surface area contributed by atoms with Gasteiger partial charge in [-0.3, -0.25) is 4.98 Å². The summed E-state index contributed by atoms with van der Waals surface area (Å²) >= 11 is 0. The van der Waals surface area contributed by atoms with Crippen molar-refractivity contribution >= 4 is 6.21 Å². The highest BCUT2D eigenvalue weighted by molar-refractivity contribution is 5.78. The number of hydrogen-bond acceptors (Lipinski definition) is 4. The van der Waals surface area contributed by atoms with E-state index < -0.39 is 0 Å². The maximum atomic E-state index is 7.59. The van der Waals surface area contributed by atoms with Crippen molar-refractivity contribution in [1.82, 2.24) is 9.97 Å². The molecule has 2 heterocycles. The molecule has 0 saturated carbocycles. The fourth-order valence-electron chi connectivity index (χ4n) is 3.41. The fraction of sp³-hybridized carbons (Fsp3) is 0.250. The number of nitrogens with one attached hydrogen (secondary N) is 1. The zero-order valence-electron chi connectivity index (χ0n) is 13.6. The van der Waals surface area contributed by atoms with Gasteiger partial charge in [-0.05, 0) is 31.5 Å². The van der Waals surface area contributed by atoms with E-state index in [4.69, 9.17) is 14.8 Å². The van der Waals surface area contributed by atoms with E-state index in [2.05, 4.69) is 24.0 Å². The van der Waals surface area contributed by atoms with Crippen molar-refractivity contribution in [1.29, 1.82) is 5.41 Å². The first kappa shape index (κ1) is 14.8. The van der Waals surface area contributed by atoms with E-state index in [9.17, 15) is 0 Å². The van der Waals surface area contributed by atoms with Gasteiger partial charge >= 0.3 is 0 Å². The summed E-state index contributed by atoms with van der Waals surface area (Å²) in [5, 5.41) is 7.59. The molecule has 1 aromatic carbocycles. The SMILES string of the molecule is Cc1cccc(-c2nc3c(o2)CCC(c2ncccc2C=N)C3)c1. The Hall–Kier alpha value is -2.75. The third-order valence-corrected chi connectivity index (χ3v) is 4.62. The molecule has 2 aromatic heterocycles. The Kier molecular flexibility index (Phi) is 3.73. The standard InChI is InChI=1S/C20H19N3O/c1-13-4-2-5-15(10-13)20-23-17-11-14(7-8-18(17)24-20)19-16(12-21)6-3-9-22-19/h2-6,9-10,12,14,21H,7-8,11H2,1H3. The maximum Gasteiger partial charge on any atom is 0.226 e. The van der Waals surface area contributed by atoms with Crippen molar-refractivity contribution in [3.8, 4) is 11.5 Å². The summed E-state index contributed by atoms with van der Waals surface area (Å²) in [7, 11) is 0. The Morgan fingerprint density at radius 2 is 2.17 bits per heavy atom. The fourth-order valence-corrected chi connectivity index (χ4v) is 3.41. The number of oxazole rings is 1. The van der Waals surface area contributed by atoms with Crippen molar-refractivity contribution in [2.24, 2.45) is 0 Å². The zero-order chi connectivity index (χ0) is 16.5. The molecule has 4 rings (SSSR count). The molecule has 120 valence electrons. The van der Waals surface area contributed by atoms with Gasteiger partial charge in [0, 0.05) is 42.3 Å². The predicted octanol–water partition coefficient (Wildman–Crippen LogP) is 4.32. The number of fused-ring (bicyclic) bond motifs is 1. The highest BCUT2D eigenvalue weighted by Crippen LogP contribution is 2.35. The van der Waals surface area contributed by atoms with E-state index in [1.165, 1.54) is 11.8 Å². The van der Waals surface area contributed by atoms with Crippen LogP contribution in [-0.2, 0) is 12.8 Å². The Balaban J connectivity index is 1.65. The van der Waals surface area contributed by atoms with Crippen molar-refractivity contribution in [3.05, 3.63) is 70.9 Å². The molecule has 1 N–H and O–H groups in total. The van der Waals surface area contributed by atoms with Crippen molar-refractivity contribution in [3.63, 3.8) is 0 Å². The highest BCUT2D eigenvalue weighted by atomic mass is 16.4. The summed E-state index contributed by atoms with van der Waals surface area (Å²) in [6.45, 7) is 2.07. The smallest absolute Gasteiger partial charge is 0.226 e. The average Bonchev–Trinajstić information content (AvgIpc) is 3.05. The molecule has 1 aliphatic rings. The summed E-state index contributed by atoms with van der Waals surface area (Å²) in [6.07, 6.45) is 5.86. The summed E-state index contributed by atoms with van der Waals surface area (Å²) < 4.78 is 6.01. The van der Waals surface area contributed by atoms with E-state index in [0.29, 0.717) is 11.8 Å². The van der Waals surface area contributed by atoms with Crippen LogP contribution in [0.25, 0.3) is 11.5 Å². The Bertz CT molecular complexity index is 897. The Morgan fingerprint density at radius 1 is 1.25 bits per heavy atom. The van der Waals surface area contributed by atoms with Crippen LogP contribution in [0.4, 0.5) is 0 Å². The normalized spacial score (nSPS) is 16.6. The second kappa shape index (κ2) is 6.04. The van der Waals surface area contributed by atoms with Crippen molar-refractivity contribution in [2.45, 2.75) is 32.1 Å². The zero-order valence-corrected chi connectivity index (χ0v) is 13.6. The quantitative estimate of drug-likeness (QED) is 0.732. The number of benzene rings is 1. The molecule has 4 heteroatoms. The minimum absolute atomic E-state index is 0.297. The molecular formula is C20H19N3O. The molecule has 0 saturated heterocycles. The first-order valence-electron chi connectivity index (χ1n) is 8.25. The molecule has 0 aliphatic heterocycles. The minimum Gasteiger partial charge on any atom is -0.441 e. The summed E-state index contributed by atoms with van der Waals surface area (Å²) in [5.74, 6) is 2.00. The molecule has 0 radical (unpaired) electrons. The lowest BCUT2D eigenvalue weighted by Gasteiger charge is -2.20. The lowest BCUT2D eigenvalue weighted by molar-refractivity contribution is 0.461. The Morgan fingerprint density at radius 3 is 3.00 bits per heavy atom. The maximum absolute atomic E-state index is 7.59. The van der Waals surface area contributed by atoms with Gasteiger partial charge in [0.25, 0.3) is 0 Å². The lowest BCUT2D eigenvalue weighted by atomic mass is 9.86. The van der Waals surface area contributed by atoms with Gasteiger partial charge in [-0.1, -0.05) is 23.8 Å². The topological polar surface area (TPSA) is 62.8 Å². The molecule has 0 bridgehead atoms. The van der Waals surface area contributed by atoms with E-state index >= 15 is 0 Å². The largest absolute Gasteiger partial charge is 0.441 e. The van der Waals surface area contributed by atoms with Gasteiger partial charge in [0.2, 0.25) is 5.89 Å². The van der Waals surface area contributed by atoms with Gasteiger partial charge in [0.15, 0.2) is 0 Å². The first-order valence-corrected chi connectivity index (χ1v) is 8.25. The number of pyridine rings is 1. The predicted molar refractivity (Wildman–Crippen MR) is 93.6 cm³/mol. The molecule has 3 aromatic rings. The van der Waals surface area contributed by atoms with Crippen molar-refractivity contribution in [2.75, 3.05) is 0 Å². The van der Waals surface area contributed by atoms with Gasteiger partial charge in [0.05, 0.1) is 11.4 Å². The van der Waals surface area contributed by atoms with E-state index in [0.717, 1.165) is 47.5 Å². The number of aryl methyl sites for hydroxylation is 2. The summed E-state index contributed by atoms with van der Waals surface area (Å²) in [5.41, 5.74) is 5.15.